The Labute approximate surface area is 105 Å². The zero-order chi connectivity index (χ0) is 13.5. The average molecular weight is 258 g/mol. The summed E-state index contributed by atoms with van der Waals surface area (Å²) in [6.45, 7) is 1.41. The Morgan fingerprint density at radius 1 is 1.50 bits per heavy atom. The first-order valence-electron chi connectivity index (χ1n) is 5.85. The van der Waals surface area contributed by atoms with Crippen LogP contribution in [-0.4, -0.2) is 49.2 Å². The van der Waals surface area contributed by atoms with E-state index >= 15 is 0 Å². The van der Waals surface area contributed by atoms with Gasteiger partial charge in [-0.05, 0) is 19.4 Å². The highest BCUT2D eigenvalue weighted by Gasteiger charge is 2.28. The number of nitrogens with one attached hydrogen (secondary N) is 2. The normalized spacial score (nSPS) is 20.8. The molecule has 0 spiro atoms. The molecule has 3 N–H and O–H groups in total. The van der Waals surface area contributed by atoms with Crippen molar-refractivity contribution in [2.75, 3.05) is 20.2 Å². The molecule has 0 aromatic heterocycles. The number of carboxylic acids is 1. The lowest BCUT2D eigenvalue weighted by molar-refractivity contribution is -0.149. The topological polar surface area (TPSA) is 105 Å². The van der Waals surface area contributed by atoms with E-state index in [-0.39, 0.29) is 18.2 Å². The van der Waals surface area contributed by atoms with Gasteiger partial charge in [0.25, 0.3) is 0 Å². The second kappa shape index (κ2) is 6.95. The van der Waals surface area contributed by atoms with Crippen LogP contribution in [0.3, 0.4) is 0 Å². The summed E-state index contributed by atoms with van der Waals surface area (Å²) in [6, 6.07) is -1.23. The SMILES string of the molecule is COC(=O)C[C@H](NC(=O)C1CCCNC1)C(=O)O. The summed E-state index contributed by atoms with van der Waals surface area (Å²) in [7, 11) is 1.17. The first-order valence-corrected chi connectivity index (χ1v) is 5.85. The molecule has 1 fully saturated rings. The molecule has 1 aliphatic rings. The van der Waals surface area contributed by atoms with Crippen molar-refractivity contribution in [3.8, 4) is 0 Å². The lowest BCUT2D eigenvalue weighted by atomic mass is 9.98. The summed E-state index contributed by atoms with van der Waals surface area (Å²) >= 11 is 0. The van der Waals surface area contributed by atoms with Crippen LogP contribution in [0.1, 0.15) is 19.3 Å². The Morgan fingerprint density at radius 2 is 2.22 bits per heavy atom. The molecule has 1 unspecified atom stereocenters. The molecule has 0 radical (unpaired) electrons. The molecule has 1 saturated heterocycles. The Morgan fingerprint density at radius 3 is 2.72 bits per heavy atom. The minimum atomic E-state index is -1.24. The predicted molar refractivity (Wildman–Crippen MR) is 61.8 cm³/mol. The van der Waals surface area contributed by atoms with Crippen LogP contribution in [0.25, 0.3) is 0 Å². The summed E-state index contributed by atoms with van der Waals surface area (Å²) < 4.78 is 4.39. The van der Waals surface area contributed by atoms with Crippen LogP contribution in [0, 0.1) is 5.92 Å². The number of carbonyl (C=O) groups is 3. The molecule has 7 heteroatoms. The van der Waals surface area contributed by atoms with Crippen LogP contribution in [0.15, 0.2) is 0 Å². The fourth-order valence-corrected chi connectivity index (χ4v) is 1.82. The maximum absolute atomic E-state index is 11.8. The van der Waals surface area contributed by atoms with Gasteiger partial charge in [0.05, 0.1) is 19.4 Å². The monoisotopic (exact) mass is 258 g/mol. The summed E-state index contributed by atoms with van der Waals surface area (Å²) in [6.07, 6.45) is 1.24. The molecule has 0 aromatic rings. The largest absolute Gasteiger partial charge is 0.480 e. The number of ether oxygens (including phenoxy) is 1. The van der Waals surface area contributed by atoms with Crippen molar-refractivity contribution < 1.29 is 24.2 Å². The first kappa shape index (κ1) is 14.4. The summed E-state index contributed by atoms with van der Waals surface area (Å²) in [5, 5.41) is 14.4. The third kappa shape index (κ3) is 4.33. The highest BCUT2D eigenvalue weighted by Crippen LogP contribution is 2.10. The molecule has 0 aromatic carbocycles. The number of carbonyl (C=O) groups excluding carboxylic acids is 2. The number of aliphatic carboxylic acids is 1. The number of hydrogen-bond donors (Lipinski definition) is 3. The molecule has 0 aliphatic carbocycles. The molecule has 0 saturated carbocycles. The highest BCUT2D eigenvalue weighted by atomic mass is 16.5. The van der Waals surface area contributed by atoms with E-state index in [1.54, 1.807) is 0 Å². The summed E-state index contributed by atoms with van der Waals surface area (Å²) in [5.41, 5.74) is 0. The van der Waals surface area contributed by atoms with E-state index in [9.17, 15) is 14.4 Å². The van der Waals surface area contributed by atoms with E-state index in [1.165, 1.54) is 7.11 Å². The molecule has 1 rings (SSSR count). The minimum Gasteiger partial charge on any atom is -0.480 e. The van der Waals surface area contributed by atoms with Gasteiger partial charge in [-0.3, -0.25) is 9.59 Å². The number of carboxylic acid groups (broad SMARTS) is 1. The molecular formula is C11H18N2O5. The molecule has 1 amide bonds. The van der Waals surface area contributed by atoms with Crippen molar-refractivity contribution in [2.24, 2.45) is 5.92 Å². The second-order valence-electron chi connectivity index (χ2n) is 4.22. The zero-order valence-electron chi connectivity index (χ0n) is 10.3. The summed E-state index contributed by atoms with van der Waals surface area (Å²) in [4.78, 5) is 33.8. The van der Waals surface area contributed by atoms with Gasteiger partial charge in [-0.1, -0.05) is 0 Å². The second-order valence-corrected chi connectivity index (χ2v) is 4.22. The van der Waals surface area contributed by atoms with Crippen LogP contribution in [0.2, 0.25) is 0 Å². The Balaban J connectivity index is 2.51. The van der Waals surface area contributed by atoms with Crippen LogP contribution < -0.4 is 10.6 Å². The molecule has 0 bridgehead atoms. The van der Waals surface area contributed by atoms with Crippen LogP contribution >= 0.6 is 0 Å². The third-order valence-electron chi connectivity index (χ3n) is 2.88. The van der Waals surface area contributed by atoms with E-state index in [2.05, 4.69) is 15.4 Å². The molecule has 1 aliphatic heterocycles. The van der Waals surface area contributed by atoms with Crippen molar-refractivity contribution in [1.29, 1.82) is 0 Å². The number of amides is 1. The molecule has 18 heavy (non-hydrogen) atoms. The Bertz CT molecular complexity index is 325. The maximum atomic E-state index is 11.8. The first-order chi connectivity index (χ1) is 8.54. The van der Waals surface area contributed by atoms with Gasteiger partial charge in [0, 0.05) is 6.54 Å². The van der Waals surface area contributed by atoms with E-state index in [4.69, 9.17) is 5.11 Å². The van der Waals surface area contributed by atoms with Gasteiger partial charge < -0.3 is 20.5 Å². The van der Waals surface area contributed by atoms with Gasteiger partial charge in [-0.25, -0.2) is 4.79 Å². The lowest BCUT2D eigenvalue weighted by Gasteiger charge is -2.23. The highest BCUT2D eigenvalue weighted by molar-refractivity contribution is 5.88. The van der Waals surface area contributed by atoms with Crippen LogP contribution in [0.5, 0.6) is 0 Å². The zero-order valence-corrected chi connectivity index (χ0v) is 10.3. The summed E-state index contributed by atoms with van der Waals surface area (Å²) in [5.74, 6) is -2.47. The number of piperidine rings is 1. The van der Waals surface area contributed by atoms with E-state index < -0.39 is 18.0 Å². The number of rotatable bonds is 5. The van der Waals surface area contributed by atoms with E-state index in [1.807, 2.05) is 0 Å². The van der Waals surface area contributed by atoms with Gasteiger partial charge >= 0.3 is 11.9 Å². The number of esters is 1. The quantitative estimate of drug-likeness (QED) is 0.553. The molecule has 2 atom stereocenters. The fourth-order valence-electron chi connectivity index (χ4n) is 1.82. The molecular weight excluding hydrogens is 240 g/mol. The van der Waals surface area contributed by atoms with Gasteiger partial charge in [-0.15, -0.1) is 0 Å². The number of hydrogen-bond acceptors (Lipinski definition) is 5. The Kier molecular flexibility index (Phi) is 5.57. The van der Waals surface area contributed by atoms with Gasteiger partial charge in [0.2, 0.25) is 5.91 Å². The maximum Gasteiger partial charge on any atom is 0.326 e. The van der Waals surface area contributed by atoms with Crippen molar-refractivity contribution in [3.63, 3.8) is 0 Å². The van der Waals surface area contributed by atoms with Gasteiger partial charge in [-0.2, -0.15) is 0 Å². The predicted octanol–water partition coefficient (Wildman–Crippen LogP) is -0.881. The van der Waals surface area contributed by atoms with Crippen LogP contribution in [0.4, 0.5) is 0 Å². The van der Waals surface area contributed by atoms with E-state index in [0.29, 0.717) is 6.54 Å². The van der Waals surface area contributed by atoms with Gasteiger partial charge in [0.15, 0.2) is 0 Å². The Hall–Kier alpha value is -1.63. The minimum absolute atomic E-state index is 0.238. The average Bonchev–Trinajstić information content (AvgIpc) is 2.38. The standard InChI is InChI=1S/C11H18N2O5/c1-18-9(14)5-8(11(16)17)13-10(15)7-3-2-4-12-6-7/h7-8,12H,2-6H2,1H3,(H,13,15)(H,16,17)/t7?,8-/m0/s1. The molecule has 7 nitrogen and oxygen atoms in total. The van der Waals surface area contributed by atoms with Crippen LogP contribution in [-0.2, 0) is 19.1 Å². The van der Waals surface area contributed by atoms with Crippen molar-refractivity contribution in [3.05, 3.63) is 0 Å². The van der Waals surface area contributed by atoms with E-state index in [0.717, 1.165) is 19.4 Å². The fraction of sp³-hybridized carbons (Fsp3) is 0.727. The smallest absolute Gasteiger partial charge is 0.326 e. The third-order valence-corrected chi connectivity index (χ3v) is 2.88. The number of methoxy groups -OCH3 is 1. The molecule has 102 valence electrons. The lowest BCUT2D eigenvalue weighted by Crippen LogP contribution is -2.48. The van der Waals surface area contributed by atoms with Crippen molar-refractivity contribution >= 4 is 17.8 Å². The van der Waals surface area contributed by atoms with Crippen molar-refractivity contribution in [1.82, 2.24) is 10.6 Å². The molecule has 1 heterocycles. The van der Waals surface area contributed by atoms with Gasteiger partial charge in [0.1, 0.15) is 6.04 Å². The van der Waals surface area contributed by atoms with Crippen molar-refractivity contribution in [2.45, 2.75) is 25.3 Å².